The summed E-state index contributed by atoms with van der Waals surface area (Å²) in [5, 5.41) is 0. The van der Waals surface area contributed by atoms with Crippen LogP contribution in [0.25, 0.3) is 0 Å². The summed E-state index contributed by atoms with van der Waals surface area (Å²) in [5.74, 6) is 0.869. The van der Waals surface area contributed by atoms with E-state index in [1.54, 1.807) is 19.1 Å². The number of fused-ring (bicyclic) bond motifs is 1. The molecular weight excluding hydrogens is 346 g/mol. The van der Waals surface area contributed by atoms with E-state index in [9.17, 15) is 9.59 Å². The van der Waals surface area contributed by atoms with Crippen molar-refractivity contribution in [2.24, 2.45) is 11.3 Å². The van der Waals surface area contributed by atoms with Gasteiger partial charge in [0, 0.05) is 0 Å². The van der Waals surface area contributed by atoms with Crippen LogP contribution in [0.3, 0.4) is 0 Å². The van der Waals surface area contributed by atoms with Crippen molar-refractivity contribution < 1.29 is 19.1 Å². The molecule has 1 saturated carbocycles. The second-order valence-electron chi connectivity index (χ2n) is 8.57. The SMILES string of the molecule is CC1Oc2ccc(N)nc2N(CC(=O)OC2CCC(C(C)(C)C)CC2)C1=O. The molecule has 2 heterocycles. The summed E-state index contributed by atoms with van der Waals surface area (Å²) in [6, 6.07) is 3.26. The number of nitrogens with two attached hydrogens (primary N) is 1. The number of rotatable bonds is 3. The Morgan fingerprint density at radius 1 is 1.30 bits per heavy atom. The lowest BCUT2D eigenvalue weighted by Gasteiger charge is -2.37. The largest absolute Gasteiger partial charge is 0.477 e. The van der Waals surface area contributed by atoms with Gasteiger partial charge in [0.1, 0.15) is 18.5 Å². The maximum absolute atomic E-state index is 12.5. The minimum atomic E-state index is -0.682. The third-order valence-electron chi connectivity index (χ3n) is 5.52. The van der Waals surface area contributed by atoms with E-state index in [1.807, 2.05) is 0 Å². The molecule has 148 valence electrons. The standard InChI is InChI=1S/C20H29N3O4/c1-12-19(25)23(18-15(26-12)9-10-16(21)22-18)11-17(24)27-14-7-5-13(6-8-14)20(2,3)4/h9-10,12-14H,5-8,11H2,1-4H3,(H2,21,22). The number of hydrogen-bond donors (Lipinski definition) is 1. The average Bonchev–Trinajstić information content (AvgIpc) is 2.59. The smallest absolute Gasteiger partial charge is 0.326 e. The van der Waals surface area contributed by atoms with Gasteiger partial charge in [0.25, 0.3) is 5.91 Å². The molecule has 2 aliphatic rings. The molecule has 1 atom stereocenters. The Morgan fingerprint density at radius 3 is 2.59 bits per heavy atom. The number of ether oxygens (including phenoxy) is 2. The summed E-state index contributed by atoms with van der Waals surface area (Å²) in [6.07, 6.45) is 3.06. The zero-order valence-corrected chi connectivity index (χ0v) is 16.5. The zero-order valence-electron chi connectivity index (χ0n) is 16.5. The summed E-state index contributed by atoms with van der Waals surface area (Å²) >= 11 is 0. The van der Waals surface area contributed by atoms with Gasteiger partial charge in [0.05, 0.1) is 0 Å². The van der Waals surface area contributed by atoms with Gasteiger partial charge in [-0.3, -0.25) is 14.5 Å². The molecule has 3 rings (SSSR count). The molecule has 0 aromatic carbocycles. The van der Waals surface area contributed by atoms with Gasteiger partial charge in [-0.25, -0.2) is 4.98 Å². The predicted octanol–water partition coefficient (Wildman–Crippen LogP) is 2.93. The molecule has 1 unspecified atom stereocenters. The molecule has 1 fully saturated rings. The molecule has 1 aliphatic carbocycles. The van der Waals surface area contributed by atoms with Crippen molar-refractivity contribution in [1.29, 1.82) is 0 Å². The van der Waals surface area contributed by atoms with Crippen LogP contribution in [0.1, 0.15) is 53.4 Å². The fraction of sp³-hybridized carbons (Fsp3) is 0.650. The van der Waals surface area contributed by atoms with Crippen molar-refractivity contribution in [1.82, 2.24) is 4.98 Å². The van der Waals surface area contributed by atoms with E-state index >= 15 is 0 Å². The summed E-state index contributed by atoms with van der Waals surface area (Å²) < 4.78 is 11.2. The Bertz CT molecular complexity index is 720. The number of pyridine rings is 1. The molecule has 1 amide bonds. The number of nitrogen functional groups attached to an aromatic ring is 1. The molecule has 7 heteroatoms. The Morgan fingerprint density at radius 2 is 1.96 bits per heavy atom. The van der Waals surface area contributed by atoms with Crippen molar-refractivity contribution in [2.45, 2.75) is 65.6 Å². The van der Waals surface area contributed by atoms with Crippen molar-refractivity contribution in [3.05, 3.63) is 12.1 Å². The van der Waals surface area contributed by atoms with Gasteiger partial charge < -0.3 is 15.2 Å². The fourth-order valence-corrected chi connectivity index (χ4v) is 3.85. The molecule has 7 nitrogen and oxygen atoms in total. The summed E-state index contributed by atoms with van der Waals surface area (Å²) in [7, 11) is 0. The normalized spacial score (nSPS) is 25.6. The molecule has 1 aliphatic heterocycles. The Balaban J connectivity index is 1.63. The zero-order chi connectivity index (χ0) is 19.8. The van der Waals surface area contributed by atoms with Gasteiger partial charge in [0.2, 0.25) is 0 Å². The first kappa shape index (κ1) is 19.5. The number of hydrogen-bond acceptors (Lipinski definition) is 6. The second kappa shape index (κ2) is 7.37. The van der Waals surface area contributed by atoms with Crippen LogP contribution in [0, 0.1) is 11.3 Å². The first-order valence-electron chi connectivity index (χ1n) is 9.59. The first-order valence-corrected chi connectivity index (χ1v) is 9.59. The van der Waals surface area contributed by atoms with Crippen LogP contribution in [-0.2, 0) is 14.3 Å². The summed E-state index contributed by atoms with van der Waals surface area (Å²) in [5.41, 5.74) is 6.01. The Labute approximate surface area is 160 Å². The van der Waals surface area contributed by atoms with Gasteiger partial charge in [-0.2, -0.15) is 0 Å². The van der Waals surface area contributed by atoms with Crippen molar-refractivity contribution in [3.8, 4) is 5.75 Å². The van der Waals surface area contributed by atoms with Crippen LogP contribution in [0.2, 0.25) is 0 Å². The summed E-state index contributed by atoms with van der Waals surface area (Å²) in [4.78, 5) is 30.5. The molecule has 1 aromatic rings. The first-order chi connectivity index (χ1) is 12.6. The van der Waals surface area contributed by atoms with E-state index in [0.29, 0.717) is 11.7 Å². The van der Waals surface area contributed by atoms with Crippen LogP contribution in [0.4, 0.5) is 11.6 Å². The lowest BCUT2D eigenvalue weighted by molar-refractivity contribution is -0.150. The van der Waals surface area contributed by atoms with E-state index in [2.05, 4.69) is 25.8 Å². The molecule has 0 saturated heterocycles. The van der Waals surface area contributed by atoms with Gasteiger partial charge in [-0.15, -0.1) is 0 Å². The van der Waals surface area contributed by atoms with Gasteiger partial charge in [0.15, 0.2) is 17.7 Å². The van der Waals surface area contributed by atoms with Gasteiger partial charge in [-0.05, 0) is 56.1 Å². The van der Waals surface area contributed by atoms with Crippen LogP contribution in [0.15, 0.2) is 12.1 Å². The maximum Gasteiger partial charge on any atom is 0.326 e. The highest BCUT2D eigenvalue weighted by Crippen LogP contribution is 2.38. The van der Waals surface area contributed by atoms with E-state index in [0.717, 1.165) is 25.7 Å². The van der Waals surface area contributed by atoms with Crippen LogP contribution >= 0.6 is 0 Å². The van der Waals surface area contributed by atoms with Gasteiger partial charge >= 0.3 is 5.97 Å². The van der Waals surface area contributed by atoms with Crippen LogP contribution in [-0.4, -0.2) is 35.6 Å². The Hall–Kier alpha value is -2.31. The van der Waals surface area contributed by atoms with E-state index in [-0.39, 0.29) is 35.6 Å². The molecule has 0 bridgehead atoms. The lowest BCUT2D eigenvalue weighted by Crippen LogP contribution is -2.48. The minimum Gasteiger partial charge on any atom is -0.477 e. The molecule has 0 spiro atoms. The summed E-state index contributed by atoms with van der Waals surface area (Å²) in [6.45, 7) is 8.23. The number of carbonyl (C=O) groups excluding carboxylic acids is 2. The highest BCUT2D eigenvalue weighted by atomic mass is 16.5. The second-order valence-corrected chi connectivity index (χ2v) is 8.57. The third-order valence-corrected chi connectivity index (χ3v) is 5.52. The third kappa shape index (κ3) is 4.34. The average molecular weight is 375 g/mol. The van der Waals surface area contributed by atoms with Crippen LogP contribution < -0.4 is 15.4 Å². The molecule has 27 heavy (non-hydrogen) atoms. The van der Waals surface area contributed by atoms with E-state index in [4.69, 9.17) is 15.2 Å². The van der Waals surface area contributed by atoms with E-state index < -0.39 is 12.1 Å². The van der Waals surface area contributed by atoms with Crippen molar-refractivity contribution in [2.75, 3.05) is 17.2 Å². The number of amides is 1. The highest BCUT2D eigenvalue weighted by Gasteiger charge is 2.36. The quantitative estimate of drug-likeness (QED) is 0.816. The lowest BCUT2D eigenvalue weighted by atomic mass is 9.72. The van der Waals surface area contributed by atoms with Crippen LogP contribution in [0.5, 0.6) is 5.75 Å². The number of nitrogens with zero attached hydrogens (tertiary/aromatic N) is 2. The number of anilines is 2. The number of aromatic nitrogens is 1. The predicted molar refractivity (Wildman–Crippen MR) is 102 cm³/mol. The van der Waals surface area contributed by atoms with Crippen molar-refractivity contribution >= 4 is 23.5 Å². The Kier molecular flexibility index (Phi) is 5.31. The molecule has 1 aromatic heterocycles. The minimum absolute atomic E-state index is 0.0852. The number of esters is 1. The topological polar surface area (TPSA) is 94.8 Å². The maximum atomic E-state index is 12.5. The fourth-order valence-electron chi connectivity index (χ4n) is 3.85. The molecule has 2 N–H and O–H groups in total. The highest BCUT2D eigenvalue weighted by molar-refractivity contribution is 6.02. The molecular formula is C20H29N3O4. The molecule has 0 radical (unpaired) electrons. The van der Waals surface area contributed by atoms with Crippen molar-refractivity contribution in [3.63, 3.8) is 0 Å². The monoisotopic (exact) mass is 375 g/mol. The number of carbonyl (C=O) groups is 2. The van der Waals surface area contributed by atoms with E-state index in [1.165, 1.54) is 4.90 Å². The van der Waals surface area contributed by atoms with Gasteiger partial charge in [-0.1, -0.05) is 20.8 Å².